The third-order valence-corrected chi connectivity index (χ3v) is 5.26. The summed E-state index contributed by atoms with van der Waals surface area (Å²) in [6.07, 6.45) is 7.62. The average Bonchev–Trinajstić information content (AvgIpc) is 2.40. The summed E-state index contributed by atoms with van der Waals surface area (Å²) >= 11 is 0. The zero-order chi connectivity index (χ0) is 13.6. The van der Waals surface area contributed by atoms with E-state index >= 15 is 0 Å². The van der Waals surface area contributed by atoms with Gasteiger partial charge in [-0.05, 0) is 37.8 Å². The second kappa shape index (κ2) is 6.91. The summed E-state index contributed by atoms with van der Waals surface area (Å²) in [4.78, 5) is 2.58. The maximum Gasteiger partial charge on any atom is 0.0497 e. The van der Waals surface area contributed by atoms with E-state index in [9.17, 15) is 5.11 Å². The van der Waals surface area contributed by atoms with Gasteiger partial charge in [0.2, 0.25) is 0 Å². The number of aliphatic hydroxyl groups is 1. The Labute approximate surface area is 114 Å². The third kappa shape index (κ3) is 3.96. The maximum atomic E-state index is 9.62. The predicted octanol–water partition coefficient (Wildman–Crippen LogP) is 3.69. The number of aliphatic hydroxyl groups excluding tert-OH is 1. The second-order valence-electron chi connectivity index (χ2n) is 6.70. The van der Waals surface area contributed by atoms with Crippen molar-refractivity contribution in [2.75, 3.05) is 26.2 Å². The quantitative estimate of drug-likeness (QED) is 0.750. The molecule has 1 unspecified atom stereocenters. The standard InChI is InChI=1S/C16H33NO/c1-5-8-15(4,14-18)13-17-11-9-16(6-2,7-3)10-12-17/h18H,5-14H2,1-4H3. The molecule has 1 aliphatic heterocycles. The van der Waals surface area contributed by atoms with E-state index in [1.165, 1.54) is 45.2 Å². The molecule has 1 rings (SSSR count). The summed E-state index contributed by atoms with van der Waals surface area (Å²) < 4.78 is 0. The number of nitrogens with zero attached hydrogens (tertiary/aromatic N) is 1. The van der Waals surface area contributed by atoms with Crippen LogP contribution in [0, 0.1) is 10.8 Å². The van der Waals surface area contributed by atoms with Crippen molar-refractivity contribution >= 4 is 0 Å². The highest BCUT2D eigenvalue weighted by Gasteiger charge is 2.33. The minimum Gasteiger partial charge on any atom is -0.396 e. The molecule has 1 fully saturated rings. The SMILES string of the molecule is CCCC(C)(CO)CN1CCC(CC)(CC)CC1. The number of piperidine rings is 1. The van der Waals surface area contributed by atoms with Crippen molar-refractivity contribution in [1.82, 2.24) is 4.90 Å². The van der Waals surface area contributed by atoms with Gasteiger partial charge in [0.15, 0.2) is 0 Å². The van der Waals surface area contributed by atoms with Gasteiger partial charge in [0, 0.05) is 18.6 Å². The first-order valence-electron chi connectivity index (χ1n) is 7.86. The van der Waals surface area contributed by atoms with Crippen LogP contribution in [-0.2, 0) is 0 Å². The second-order valence-corrected chi connectivity index (χ2v) is 6.70. The molecular formula is C16H33NO. The number of likely N-dealkylation sites (tertiary alicyclic amines) is 1. The van der Waals surface area contributed by atoms with Crippen molar-refractivity contribution in [3.63, 3.8) is 0 Å². The lowest BCUT2D eigenvalue weighted by Crippen LogP contribution is -2.45. The van der Waals surface area contributed by atoms with Gasteiger partial charge >= 0.3 is 0 Å². The van der Waals surface area contributed by atoms with Gasteiger partial charge in [0.05, 0.1) is 0 Å². The van der Waals surface area contributed by atoms with E-state index in [0.29, 0.717) is 12.0 Å². The lowest BCUT2D eigenvalue weighted by molar-refractivity contribution is 0.0361. The molecule has 0 radical (unpaired) electrons. The van der Waals surface area contributed by atoms with Crippen molar-refractivity contribution in [3.8, 4) is 0 Å². The van der Waals surface area contributed by atoms with Gasteiger partial charge in [-0.1, -0.05) is 47.0 Å². The first kappa shape index (κ1) is 16.0. The lowest BCUT2D eigenvalue weighted by atomic mass is 9.73. The van der Waals surface area contributed by atoms with E-state index < -0.39 is 0 Å². The van der Waals surface area contributed by atoms with Crippen molar-refractivity contribution < 1.29 is 5.11 Å². The molecule has 0 amide bonds. The highest BCUT2D eigenvalue weighted by Crippen LogP contribution is 2.38. The molecule has 0 bridgehead atoms. The molecular weight excluding hydrogens is 222 g/mol. The van der Waals surface area contributed by atoms with Gasteiger partial charge in [-0.15, -0.1) is 0 Å². The predicted molar refractivity (Wildman–Crippen MR) is 78.8 cm³/mol. The van der Waals surface area contributed by atoms with E-state index in [4.69, 9.17) is 0 Å². The largest absolute Gasteiger partial charge is 0.396 e. The Balaban J connectivity index is 2.48. The van der Waals surface area contributed by atoms with Crippen LogP contribution in [0.3, 0.4) is 0 Å². The maximum absolute atomic E-state index is 9.62. The Morgan fingerprint density at radius 3 is 2.06 bits per heavy atom. The molecule has 1 aliphatic rings. The van der Waals surface area contributed by atoms with Crippen LogP contribution in [0.2, 0.25) is 0 Å². The van der Waals surface area contributed by atoms with Gasteiger partial charge in [-0.2, -0.15) is 0 Å². The van der Waals surface area contributed by atoms with Crippen LogP contribution < -0.4 is 0 Å². The zero-order valence-corrected chi connectivity index (χ0v) is 13.0. The zero-order valence-electron chi connectivity index (χ0n) is 13.0. The minimum absolute atomic E-state index is 0.104. The van der Waals surface area contributed by atoms with Crippen LogP contribution in [-0.4, -0.2) is 36.2 Å². The molecule has 0 saturated carbocycles. The Morgan fingerprint density at radius 1 is 1.11 bits per heavy atom. The first-order chi connectivity index (χ1) is 8.53. The molecule has 108 valence electrons. The van der Waals surface area contributed by atoms with E-state index in [2.05, 4.69) is 32.6 Å². The molecule has 0 aromatic carbocycles. The summed E-state index contributed by atoms with van der Waals surface area (Å²) in [5.41, 5.74) is 0.712. The van der Waals surface area contributed by atoms with Crippen LogP contribution in [0.5, 0.6) is 0 Å². The van der Waals surface area contributed by atoms with Crippen molar-refractivity contribution in [2.45, 2.75) is 66.2 Å². The van der Waals surface area contributed by atoms with Gasteiger partial charge in [0.25, 0.3) is 0 Å². The Hall–Kier alpha value is -0.0800. The van der Waals surface area contributed by atoms with E-state index in [-0.39, 0.29) is 5.41 Å². The fourth-order valence-corrected chi connectivity index (χ4v) is 3.49. The Kier molecular flexibility index (Phi) is 6.13. The summed E-state index contributed by atoms with van der Waals surface area (Å²) in [7, 11) is 0. The summed E-state index contributed by atoms with van der Waals surface area (Å²) in [5, 5.41) is 9.62. The number of rotatable bonds is 7. The summed E-state index contributed by atoms with van der Waals surface area (Å²) in [6.45, 7) is 13.0. The minimum atomic E-state index is 0.104. The molecule has 0 aromatic heterocycles. The van der Waals surface area contributed by atoms with E-state index in [1.807, 2.05) is 0 Å². The van der Waals surface area contributed by atoms with Gasteiger partial charge in [-0.3, -0.25) is 0 Å². The Bertz CT molecular complexity index is 227. The number of hydrogen-bond acceptors (Lipinski definition) is 2. The molecule has 0 aliphatic carbocycles. The molecule has 2 nitrogen and oxygen atoms in total. The molecule has 2 heteroatoms. The smallest absolute Gasteiger partial charge is 0.0497 e. The Morgan fingerprint density at radius 2 is 1.67 bits per heavy atom. The van der Waals surface area contributed by atoms with Crippen LogP contribution >= 0.6 is 0 Å². The van der Waals surface area contributed by atoms with Crippen LogP contribution in [0.25, 0.3) is 0 Å². The fraction of sp³-hybridized carbons (Fsp3) is 1.00. The topological polar surface area (TPSA) is 23.5 Å². The molecule has 0 spiro atoms. The van der Waals surface area contributed by atoms with Crippen molar-refractivity contribution in [3.05, 3.63) is 0 Å². The average molecular weight is 255 g/mol. The van der Waals surface area contributed by atoms with Crippen molar-refractivity contribution in [1.29, 1.82) is 0 Å². The van der Waals surface area contributed by atoms with Crippen molar-refractivity contribution in [2.24, 2.45) is 10.8 Å². The van der Waals surface area contributed by atoms with Crippen LogP contribution in [0.15, 0.2) is 0 Å². The molecule has 1 saturated heterocycles. The molecule has 1 N–H and O–H groups in total. The van der Waals surface area contributed by atoms with Gasteiger partial charge in [0.1, 0.15) is 0 Å². The molecule has 1 atom stereocenters. The molecule has 18 heavy (non-hydrogen) atoms. The fourth-order valence-electron chi connectivity index (χ4n) is 3.49. The van der Waals surface area contributed by atoms with E-state index in [1.54, 1.807) is 0 Å². The normalized spacial score (nSPS) is 23.8. The third-order valence-electron chi connectivity index (χ3n) is 5.26. The van der Waals surface area contributed by atoms with Gasteiger partial charge < -0.3 is 10.0 Å². The lowest BCUT2D eigenvalue weighted by Gasteiger charge is -2.43. The van der Waals surface area contributed by atoms with Crippen LogP contribution in [0.1, 0.15) is 66.2 Å². The van der Waals surface area contributed by atoms with Crippen LogP contribution in [0.4, 0.5) is 0 Å². The van der Waals surface area contributed by atoms with E-state index in [0.717, 1.165) is 13.0 Å². The summed E-state index contributed by atoms with van der Waals surface area (Å²) in [6, 6.07) is 0. The first-order valence-corrected chi connectivity index (χ1v) is 7.86. The highest BCUT2D eigenvalue weighted by molar-refractivity contribution is 4.86. The van der Waals surface area contributed by atoms with Gasteiger partial charge in [-0.25, -0.2) is 0 Å². The monoisotopic (exact) mass is 255 g/mol. The molecule has 1 heterocycles. The summed E-state index contributed by atoms with van der Waals surface area (Å²) in [5.74, 6) is 0. The highest BCUT2D eigenvalue weighted by atomic mass is 16.3. The number of hydrogen-bond donors (Lipinski definition) is 1. The molecule has 0 aromatic rings.